The van der Waals surface area contributed by atoms with Gasteiger partial charge in [-0.15, -0.1) is 0 Å². The summed E-state index contributed by atoms with van der Waals surface area (Å²) in [6.07, 6.45) is 3.61. The SMILES string of the molecule is C[C@H]1CN(C(=O)c2ccc(-c3ccc4c(c3)ncn4C)cc2F)CCN1C(=O)C1(C)CC1. The van der Waals surface area contributed by atoms with Crippen molar-refractivity contribution >= 4 is 22.8 Å². The number of amides is 2. The molecular formula is C25H27FN4O2. The Morgan fingerprint density at radius 2 is 1.81 bits per heavy atom. The van der Waals surface area contributed by atoms with Gasteiger partial charge in [0, 0.05) is 38.1 Å². The monoisotopic (exact) mass is 434 g/mol. The molecule has 0 unspecified atom stereocenters. The fourth-order valence-electron chi connectivity index (χ4n) is 4.55. The smallest absolute Gasteiger partial charge is 0.256 e. The second-order valence-electron chi connectivity index (χ2n) is 9.41. The zero-order chi connectivity index (χ0) is 22.6. The third-order valence-electron chi connectivity index (χ3n) is 6.95. The molecule has 32 heavy (non-hydrogen) atoms. The first-order chi connectivity index (χ1) is 15.3. The molecule has 1 saturated heterocycles. The van der Waals surface area contributed by atoms with Crippen molar-refractivity contribution in [2.45, 2.75) is 32.7 Å². The average Bonchev–Trinajstić information content (AvgIpc) is 3.44. The van der Waals surface area contributed by atoms with Crippen LogP contribution in [0, 0.1) is 11.2 Å². The molecule has 166 valence electrons. The number of halogens is 1. The number of aryl methyl sites for hydroxylation is 1. The number of nitrogens with zero attached hydrogens (tertiary/aromatic N) is 4. The Kier molecular flexibility index (Phi) is 4.80. The van der Waals surface area contributed by atoms with E-state index in [1.807, 2.05) is 48.6 Å². The molecule has 3 aromatic rings. The van der Waals surface area contributed by atoms with E-state index in [-0.39, 0.29) is 28.8 Å². The third-order valence-corrected chi connectivity index (χ3v) is 6.95. The predicted octanol–water partition coefficient (Wildman–Crippen LogP) is 3.85. The van der Waals surface area contributed by atoms with Crippen molar-refractivity contribution in [1.29, 1.82) is 0 Å². The van der Waals surface area contributed by atoms with Crippen molar-refractivity contribution in [1.82, 2.24) is 19.4 Å². The first-order valence-corrected chi connectivity index (χ1v) is 11.1. The van der Waals surface area contributed by atoms with E-state index in [0.29, 0.717) is 25.2 Å². The van der Waals surface area contributed by atoms with Crippen LogP contribution in [0.4, 0.5) is 4.39 Å². The fraction of sp³-hybridized carbons (Fsp3) is 0.400. The van der Waals surface area contributed by atoms with Gasteiger partial charge in [0.15, 0.2) is 0 Å². The maximum atomic E-state index is 15.0. The van der Waals surface area contributed by atoms with Gasteiger partial charge < -0.3 is 14.4 Å². The third kappa shape index (κ3) is 3.45. The molecule has 1 aliphatic heterocycles. The standard InChI is InChI=1S/C25H27FN4O2/c1-16-14-29(10-11-30(16)24(32)25(2)8-9-25)23(31)19-6-4-17(12-20(19)26)18-5-7-22-21(13-18)27-15-28(22)3/h4-7,12-13,15-16H,8-11,14H2,1-3H3/t16-/m0/s1. The van der Waals surface area contributed by atoms with Crippen LogP contribution in [0.25, 0.3) is 22.2 Å². The van der Waals surface area contributed by atoms with E-state index in [0.717, 1.165) is 29.4 Å². The molecule has 1 aromatic heterocycles. The number of hydrogen-bond donors (Lipinski definition) is 0. The number of carbonyl (C=O) groups excluding carboxylic acids is 2. The van der Waals surface area contributed by atoms with Gasteiger partial charge in [-0.3, -0.25) is 9.59 Å². The van der Waals surface area contributed by atoms with E-state index in [1.165, 1.54) is 6.07 Å². The zero-order valence-electron chi connectivity index (χ0n) is 18.6. The quantitative estimate of drug-likeness (QED) is 0.629. The normalized spacial score (nSPS) is 19.9. The molecule has 0 radical (unpaired) electrons. The molecular weight excluding hydrogens is 407 g/mol. The van der Waals surface area contributed by atoms with Gasteiger partial charge in [-0.1, -0.05) is 19.1 Å². The molecule has 1 saturated carbocycles. The van der Waals surface area contributed by atoms with Crippen LogP contribution in [0.15, 0.2) is 42.7 Å². The summed E-state index contributed by atoms with van der Waals surface area (Å²) in [5.41, 5.74) is 3.24. The summed E-state index contributed by atoms with van der Waals surface area (Å²) in [5.74, 6) is -0.686. The van der Waals surface area contributed by atoms with E-state index < -0.39 is 5.82 Å². The van der Waals surface area contributed by atoms with Gasteiger partial charge in [0.05, 0.1) is 22.9 Å². The minimum Gasteiger partial charge on any atom is -0.336 e. The van der Waals surface area contributed by atoms with Crippen molar-refractivity contribution in [3.8, 4) is 11.1 Å². The molecule has 2 aromatic carbocycles. The summed E-state index contributed by atoms with van der Waals surface area (Å²) in [6, 6.07) is 10.5. The van der Waals surface area contributed by atoms with Gasteiger partial charge in [-0.05, 0) is 55.2 Å². The molecule has 1 aliphatic carbocycles. The maximum absolute atomic E-state index is 15.0. The lowest BCUT2D eigenvalue weighted by Crippen LogP contribution is -2.56. The van der Waals surface area contributed by atoms with E-state index in [1.54, 1.807) is 23.4 Å². The number of benzene rings is 2. The molecule has 2 amide bonds. The summed E-state index contributed by atoms with van der Waals surface area (Å²) in [5, 5.41) is 0. The lowest BCUT2D eigenvalue weighted by Gasteiger charge is -2.41. The van der Waals surface area contributed by atoms with Gasteiger partial charge in [-0.25, -0.2) is 9.37 Å². The molecule has 0 spiro atoms. The number of hydrogen-bond acceptors (Lipinski definition) is 3. The molecule has 1 atom stereocenters. The highest BCUT2D eigenvalue weighted by Crippen LogP contribution is 2.47. The van der Waals surface area contributed by atoms with Gasteiger partial charge >= 0.3 is 0 Å². The van der Waals surface area contributed by atoms with Crippen molar-refractivity contribution in [3.63, 3.8) is 0 Å². The summed E-state index contributed by atoms with van der Waals surface area (Å²) in [7, 11) is 1.93. The van der Waals surface area contributed by atoms with Crippen molar-refractivity contribution in [3.05, 3.63) is 54.1 Å². The second-order valence-corrected chi connectivity index (χ2v) is 9.41. The Labute approximate surface area is 186 Å². The Hall–Kier alpha value is -3.22. The van der Waals surface area contributed by atoms with Crippen molar-refractivity contribution in [2.24, 2.45) is 12.5 Å². The van der Waals surface area contributed by atoms with Crippen LogP contribution in [0.1, 0.15) is 37.0 Å². The van der Waals surface area contributed by atoms with E-state index in [9.17, 15) is 14.0 Å². The minimum atomic E-state index is -0.537. The number of imidazole rings is 1. The number of carbonyl (C=O) groups is 2. The molecule has 5 rings (SSSR count). The minimum absolute atomic E-state index is 0.0637. The van der Waals surface area contributed by atoms with Gasteiger partial charge in [-0.2, -0.15) is 0 Å². The van der Waals surface area contributed by atoms with E-state index in [4.69, 9.17) is 0 Å². The summed E-state index contributed by atoms with van der Waals surface area (Å²) in [6.45, 7) is 5.28. The Morgan fingerprint density at radius 3 is 2.50 bits per heavy atom. The largest absolute Gasteiger partial charge is 0.336 e. The van der Waals surface area contributed by atoms with Gasteiger partial charge in [0.25, 0.3) is 5.91 Å². The molecule has 2 fully saturated rings. The molecule has 7 heteroatoms. The Bertz CT molecular complexity index is 1230. The van der Waals surface area contributed by atoms with Crippen LogP contribution in [-0.2, 0) is 11.8 Å². The molecule has 2 aliphatic rings. The first kappa shape index (κ1) is 20.7. The van der Waals surface area contributed by atoms with Crippen LogP contribution in [0.3, 0.4) is 0 Å². The maximum Gasteiger partial charge on any atom is 0.256 e. The summed E-state index contributed by atoms with van der Waals surface area (Å²) < 4.78 is 16.9. The van der Waals surface area contributed by atoms with Crippen LogP contribution in [0.5, 0.6) is 0 Å². The van der Waals surface area contributed by atoms with Crippen molar-refractivity contribution < 1.29 is 14.0 Å². The highest BCUT2D eigenvalue weighted by Gasteiger charge is 2.48. The Balaban J connectivity index is 1.32. The first-order valence-electron chi connectivity index (χ1n) is 11.1. The molecule has 2 heterocycles. The summed E-state index contributed by atoms with van der Waals surface area (Å²) in [4.78, 5) is 33.6. The van der Waals surface area contributed by atoms with E-state index >= 15 is 0 Å². The number of fused-ring (bicyclic) bond motifs is 1. The predicted molar refractivity (Wildman–Crippen MR) is 121 cm³/mol. The number of piperazine rings is 1. The van der Waals surface area contributed by atoms with Gasteiger partial charge in [0.1, 0.15) is 5.82 Å². The average molecular weight is 435 g/mol. The fourth-order valence-corrected chi connectivity index (χ4v) is 4.55. The highest BCUT2D eigenvalue weighted by atomic mass is 19.1. The van der Waals surface area contributed by atoms with Crippen LogP contribution >= 0.6 is 0 Å². The zero-order valence-corrected chi connectivity index (χ0v) is 18.6. The Morgan fingerprint density at radius 1 is 1.09 bits per heavy atom. The molecule has 0 bridgehead atoms. The molecule has 6 nitrogen and oxygen atoms in total. The van der Waals surface area contributed by atoms with E-state index in [2.05, 4.69) is 4.98 Å². The van der Waals surface area contributed by atoms with Crippen molar-refractivity contribution in [2.75, 3.05) is 19.6 Å². The van der Waals surface area contributed by atoms with Gasteiger partial charge in [0.2, 0.25) is 5.91 Å². The number of aromatic nitrogens is 2. The van der Waals surface area contributed by atoms with Crippen LogP contribution in [0.2, 0.25) is 0 Å². The lowest BCUT2D eigenvalue weighted by atomic mass is 10.0. The highest BCUT2D eigenvalue weighted by molar-refractivity contribution is 5.95. The summed E-state index contributed by atoms with van der Waals surface area (Å²) >= 11 is 0. The van der Waals surface area contributed by atoms with Crippen LogP contribution in [-0.4, -0.2) is 56.8 Å². The topological polar surface area (TPSA) is 58.4 Å². The van der Waals surface area contributed by atoms with Crippen LogP contribution < -0.4 is 0 Å². The number of rotatable bonds is 3. The molecule has 0 N–H and O–H groups in total. The lowest BCUT2D eigenvalue weighted by molar-refractivity contribution is -0.140. The second kappa shape index (κ2) is 7.43.